The summed E-state index contributed by atoms with van der Waals surface area (Å²) >= 11 is 0. The summed E-state index contributed by atoms with van der Waals surface area (Å²) in [5, 5.41) is 2.25. The van der Waals surface area contributed by atoms with Gasteiger partial charge in [-0.3, -0.25) is 0 Å². The second kappa shape index (κ2) is 8.35. The minimum absolute atomic E-state index is 0.120. The Kier molecular flexibility index (Phi) is 5.79. The molecule has 2 unspecified atom stereocenters. The van der Waals surface area contributed by atoms with Crippen molar-refractivity contribution in [3.05, 3.63) is 52.8 Å². The van der Waals surface area contributed by atoms with Gasteiger partial charge >= 0.3 is 0 Å². The van der Waals surface area contributed by atoms with Crippen LogP contribution in [-0.2, 0) is 15.9 Å². The van der Waals surface area contributed by atoms with Gasteiger partial charge in [-0.25, -0.2) is 0 Å². The fraction of sp³-hybridized carbons (Fsp3) is 0.462. The summed E-state index contributed by atoms with van der Waals surface area (Å²) in [4.78, 5) is 0. The van der Waals surface area contributed by atoms with Crippen LogP contribution in [0.2, 0.25) is 0 Å². The third-order valence-electron chi connectivity index (χ3n) is 5.92. The maximum Gasteiger partial charge on any atom is 0.168 e. The standard InChI is InChI=1S/C26H32O4/c1-7-29-25-19-12-8-11-18-21(19)22-17(23(25)27-5)10-9-13-20(22)26(24(18)28-6)30-16(4)14-15(2)3/h8-11,13,15-16,26H,7,12,14H2,1-6H3. The molecule has 4 nitrogen and oxygen atoms in total. The van der Waals surface area contributed by atoms with Crippen LogP contribution >= 0.6 is 0 Å². The Labute approximate surface area is 179 Å². The molecular formula is C26H32O4. The van der Waals surface area contributed by atoms with Gasteiger partial charge in [0, 0.05) is 27.5 Å². The number of rotatable bonds is 8. The number of ether oxygens (including phenoxy) is 4. The van der Waals surface area contributed by atoms with Gasteiger partial charge in [-0.15, -0.1) is 0 Å². The average Bonchev–Trinajstić information content (AvgIpc) is 2.72. The molecule has 30 heavy (non-hydrogen) atoms. The highest BCUT2D eigenvalue weighted by atomic mass is 16.5. The molecule has 4 heteroatoms. The van der Waals surface area contributed by atoms with Gasteiger partial charge in [-0.2, -0.15) is 0 Å². The highest BCUT2D eigenvalue weighted by Crippen LogP contribution is 2.53. The van der Waals surface area contributed by atoms with Crippen LogP contribution in [0.1, 0.15) is 56.9 Å². The van der Waals surface area contributed by atoms with Gasteiger partial charge in [-0.1, -0.05) is 44.2 Å². The third kappa shape index (κ3) is 3.27. The van der Waals surface area contributed by atoms with Crippen LogP contribution in [0.3, 0.4) is 0 Å². The van der Waals surface area contributed by atoms with E-state index in [0.717, 1.165) is 52.2 Å². The summed E-state index contributed by atoms with van der Waals surface area (Å²) in [5.74, 6) is 3.08. The molecule has 2 atom stereocenters. The molecule has 0 heterocycles. The predicted octanol–water partition coefficient (Wildman–Crippen LogP) is 6.22. The topological polar surface area (TPSA) is 36.9 Å². The molecule has 2 aromatic carbocycles. The third-order valence-corrected chi connectivity index (χ3v) is 5.92. The summed E-state index contributed by atoms with van der Waals surface area (Å²) in [6.07, 6.45) is 6.03. The number of allylic oxidation sites excluding steroid dienone is 3. The minimum atomic E-state index is -0.242. The lowest BCUT2D eigenvalue weighted by molar-refractivity contribution is -0.0178. The van der Waals surface area contributed by atoms with E-state index >= 15 is 0 Å². The lowest BCUT2D eigenvalue weighted by Crippen LogP contribution is -2.22. The van der Waals surface area contributed by atoms with E-state index in [-0.39, 0.29) is 12.2 Å². The number of hydrogen-bond donors (Lipinski definition) is 0. The Morgan fingerprint density at radius 2 is 1.87 bits per heavy atom. The first-order valence-corrected chi connectivity index (χ1v) is 10.9. The van der Waals surface area contributed by atoms with E-state index < -0.39 is 0 Å². The van der Waals surface area contributed by atoms with Crippen molar-refractivity contribution >= 4 is 16.3 Å². The SMILES string of the molecule is CCOc1c2c3c4c(cccc4c1OC)C(OC(C)CC(C)C)C(OC)=C3C=CC2. The number of methoxy groups -OCH3 is 2. The first-order chi connectivity index (χ1) is 14.5. The van der Waals surface area contributed by atoms with E-state index in [1.165, 1.54) is 10.9 Å². The molecule has 2 aliphatic rings. The van der Waals surface area contributed by atoms with Crippen LogP contribution in [0.5, 0.6) is 11.5 Å². The monoisotopic (exact) mass is 408 g/mol. The van der Waals surface area contributed by atoms with Crippen molar-refractivity contribution in [3.63, 3.8) is 0 Å². The molecule has 0 N–H and O–H groups in total. The molecule has 0 aromatic heterocycles. The van der Waals surface area contributed by atoms with E-state index in [1.807, 2.05) is 6.92 Å². The van der Waals surface area contributed by atoms with E-state index in [9.17, 15) is 0 Å². The van der Waals surface area contributed by atoms with Crippen molar-refractivity contribution in [2.45, 2.75) is 52.7 Å². The zero-order chi connectivity index (χ0) is 21.4. The maximum atomic E-state index is 6.61. The second-order valence-corrected chi connectivity index (χ2v) is 8.46. The molecule has 0 fully saturated rings. The average molecular weight is 409 g/mol. The van der Waals surface area contributed by atoms with Gasteiger partial charge < -0.3 is 18.9 Å². The van der Waals surface area contributed by atoms with Crippen LogP contribution in [-0.4, -0.2) is 26.9 Å². The molecular weight excluding hydrogens is 376 g/mol. The number of hydrogen-bond acceptors (Lipinski definition) is 4. The molecule has 0 aliphatic heterocycles. The Morgan fingerprint density at radius 1 is 1.07 bits per heavy atom. The van der Waals surface area contributed by atoms with Crippen molar-refractivity contribution in [3.8, 4) is 11.5 Å². The van der Waals surface area contributed by atoms with Crippen molar-refractivity contribution in [1.82, 2.24) is 0 Å². The molecule has 0 radical (unpaired) electrons. The molecule has 0 saturated carbocycles. The van der Waals surface area contributed by atoms with Crippen LogP contribution < -0.4 is 9.47 Å². The number of benzene rings is 2. The lowest BCUT2D eigenvalue weighted by atomic mass is 9.79. The van der Waals surface area contributed by atoms with Gasteiger partial charge in [0.25, 0.3) is 0 Å². The van der Waals surface area contributed by atoms with Gasteiger partial charge in [0.15, 0.2) is 11.5 Å². The molecule has 0 saturated heterocycles. The van der Waals surface area contributed by atoms with Crippen molar-refractivity contribution in [2.24, 2.45) is 5.92 Å². The Morgan fingerprint density at radius 3 is 2.53 bits per heavy atom. The van der Waals surface area contributed by atoms with Crippen molar-refractivity contribution in [2.75, 3.05) is 20.8 Å². The van der Waals surface area contributed by atoms with E-state index in [4.69, 9.17) is 18.9 Å². The highest BCUT2D eigenvalue weighted by Gasteiger charge is 2.36. The zero-order valence-corrected chi connectivity index (χ0v) is 18.9. The Bertz CT molecular complexity index is 1020. The van der Waals surface area contributed by atoms with Gasteiger partial charge in [-0.05, 0) is 38.2 Å². The highest BCUT2D eigenvalue weighted by molar-refractivity contribution is 6.07. The van der Waals surface area contributed by atoms with E-state index in [0.29, 0.717) is 12.5 Å². The van der Waals surface area contributed by atoms with E-state index in [1.54, 1.807) is 14.2 Å². The Balaban J connectivity index is 2.00. The second-order valence-electron chi connectivity index (χ2n) is 8.46. The molecule has 0 bridgehead atoms. The molecule has 0 spiro atoms. The van der Waals surface area contributed by atoms with Crippen LogP contribution in [0.25, 0.3) is 16.3 Å². The maximum absolute atomic E-state index is 6.61. The molecule has 0 amide bonds. The molecule has 160 valence electrons. The fourth-order valence-electron chi connectivity index (χ4n) is 4.94. The van der Waals surface area contributed by atoms with Gasteiger partial charge in [0.05, 0.1) is 26.9 Å². The minimum Gasteiger partial charge on any atom is -0.497 e. The van der Waals surface area contributed by atoms with E-state index in [2.05, 4.69) is 51.1 Å². The largest absolute Gasteiger partial charge is 0.497 e. The van der Waals surface area contributed by atoms with Gasteiger partial charge in [0.2, 0.25) is 0 Å². The van der Waals surface area contributed by atoms with Gasteiger partial charge in [0.1, 0.15) is 11.9 Å². The van der Waals surface area contributed by atoms with Crippen LogP contribution in [0.4, 0.5) is 0 Å². The summed E-state index contributed by atoms with van der Waals surface area (Å²) in [6, 6.07) is 6.34. The fourth-order valence-corrected chi connectivity index (χ4v) is 4.94. The predicted molar refractivity (Wildman–Crippen MR) is 121 cm³/mol. The smallest absolute Gasteiger partial charge is 0.168 e. The normalized spacial score (nSPS) is 18.2. The molecule has 2 aromatic rings. The summed E-state index contributed by atoms with van der Waals surface area (Å²) in [7, 11) is 3.46. The summed E-state index contributed by atoms with van der Waals surface area (Å²) < 4.78 is 24.6. The molecule has 4 rings (SSSR count). The van der Waals surface area contributed by atoms with Crippen LogP contribution in [0, 0.1) is 5.92 Å². The summed E-state index contributed by atoms with van der Waals surface area (Å²) in [5.41, 5.74) is 4.58. The Hall–Kier alpha value is -2.46. The quantitative estimate of drug-likeness (QED) is 0.519. The lowest BCUT2D eigenvalue weighted by Gasteiger charge is -2.34. The first-order valence-electron chi connectivity index (χ1n) is 10.9. The zero-order valence-electron chi connectivity index (χ0n) is 18.9. The van der Waals surface area contributed by atoms with Crippen molar-refractivity contribution in [1.29, 1.82) is 0 Å². The first kappa shape index (κ1) is 20.8. The van der Waals surface area contributed by atoms with Crippen LogP contribution in [0.15, 0.2) is 36.1 Å². The molecule has 2 aliphatic carbocycles. The summed E-state index contributed by atoms with van der Waals surface area (Å²) in [6.45, 7) is 9.20. The van der Waals surface area contributed by atoms with Crippen molar-refractivity contribution < 1.29 is 18.9 Å².